The highest BCUT2D eigenvalue weighted by molar-refractivity contribution is 5.86. The van der Waals surface area contributed by atoms with Gasteiger partial charge in [0.15, 0.2) is 0 Å². The number of hydrogen-bond donors (Lipinski definition) is 1. The number of likely N-dealkylation sites (tertiary alicyclic amines) is 1. The molecule has 0 saturated carbocycles. The molecule has 5 heteroatoms. The van der Waals surface area contributed by atoms with Gasteiger partial charge < -0.3 is 20.1 Å². The van der Waals surface area contributed by atoms with Crippen LogP contribution in [0, 0.1) is 5.92 Å². The van der Waals surface area contributed by atoms with Crippen molar-refractivity contribution in [1.82, 2.24) is 4.90 Å². The largest absolute Gasteiger partial charge is 0.379 e. The minimum absolute atomic E-state index is 0.0175. The minimum Gasteiger partial charge on any atom is -0.379 e. The summed E-state index contributed by atoms with van der Waals surface area (Å²) in [6, 6.07) is 0. The Morgan fingerprint density at radius 2 is 2.35 bits per heavy atom. The molecule has 0 radical (unpaired) electrons. The molecular weight excluding hydrogens is 220 g/mol. The van der Waals surface area contributed by atoms with Crippen LogP contribution in [0.2, 0.25) is 0 Å². The van der Waals surface area contributed by atoms with E-state index in [0.29, 0.717) is 32.1 Å². The van der Waals surface area contributed by atoms with Gasteiger partial charge in [-0.2, -0.15) is 0 Å². The molecule has 0 aromatic heterocycles. The smallest absolute Gasteiger partial charge is 0.245 e. The van der Waals surface area contributed by atoms with E-state index in [4.69, 9.17) is 15.2 Å². The molecule has 0 bridgehead atoms. The quantitative estimate of drug-likeness (QED) is 0.739. The van der Waals surface area contributed by atoms with Crippen LogP contribution >= 0.6 is 0 Å². The summed E-state index contributed by atoms with van der Waals surface area (Å²) < 4.78 is 10.7. The highest BCUT2D eigenvalue weighted by atomic mass is 16.5. The van der Waals surface area contributed by atoms with E-state index < -0.39 is 5.54 Å². The van der Waals surface area contributed by atoms with E-state index in [9.17, 15) is 4.79 Å². The fraction of sp³-hybridized carbons (Fsp3) is 0.917. The Morgan fingerprint density at radius 3 is 2.94 bits per heavy atom. The van der Waals surface area contributed by atoms with E-state index in [1.807, 2.05) is 4.90 Å². The van der Waals surface area contributed by atoms with Crippen molar-refractivity contribution in [2.75, 3.05) is 33.4 Å². The molecule has 3 atom stereocenters. The van der Waals surface area contributed by atoms with E-state index in [0.717, 1.165) is 13.0 Å². The maximum atomic E-state index is 12.4. The van der Waals surface area contributed by atoms with Crippen molar-refractivity contribution in [3.63, 3.8) is 0 Å². The Labute approximate surface area is 102 Å². The molecule has 0 aromatic rings. The molecule has 1 amide bonds. The van der Waals surface area contributed by atoms with Crippen molar-refractivity contribution in [3.05, 3.63) is 0 Å². The van der Waals surface area contributed by atoms with Crippen LogP contribution in [-0.4, -0.2) is 55.9 Å². The topological polar surface area (TPSA) is 64.8 Å². The van der Waals surface area contributed by atoms with Gasteiger partial charge in [0.2, 0.25) is 5.91 Å². The number of rotatable bonds is 2. The summed E-state index contributed by atoms with van der Waals surface area (Å²) in [5.41, 5.74) is 5.29. The van der Waals surface area contributed by atoms with Gasteiger partial charge in [-0.05, 0) is 18.8 Å². The third kappa shape index (κ3) is 2.46. The molecule has 2 N–H and O–H groups in total. The molecule has 5 nitrogen and oxygen atoms in total. The lowest BCUT2D eigenvalue weighted by molar-refractivity contribution is -0.142. The van der Waals surface area contributed by atoms with Gasteiger partial charge in [0.05, 0.1) is 12.7 Å². The average molecular weight is 242 g/mol. The molecule has 98 valence electrons. The van der Waals surface area contributed by atoms with E-state index >= 15 is 0 Å². The number of hydrogen-bond acceptors (Lipinski definition) is 4. The molecular formula is C12H22N2O3. The highest BCUT2D eigenvalue weighted by Gasteiger charge is 2.42. The van der Waals surface area contributed by atoms with Crippen LogP contribution in [0.3, 0.4) is 0 Å². The van der Waals surface area contributed by atoms with Crippen LogP contribution in [-0.2, 0) is 14.3 Å². The number of ether oxygens (including phenoxy) is 2. The Hall–Kier alpha value is -0.650. The van der Waals surface area contributed by atoms with E-state index in [2.05, 4.69) is 6.92 Å². The fourth-order valence-electron chi connectivity index (χ4n) is 2.59. The predicted molar refractivity (Wildman–Crippen MR) is 63.5 cm³/mol. The van der Waals surface area contributed by atoms with Crippen molar-refractivity contribution in [2.45, 2.75) is 31.4 Å². The first-order valence-electron chi connectivity index (χ1n) is 6.25. The van der Waals surface area contributed by atoms with Crippen LogP contribution in [0.25, 0.3) is 0 Å². The summed E-state index contributed by atoms with van der Waals surface area (Å²) in [5.74, 6) is 0.515. The lowest BCUT2D eigenvalue weighted by atomic mass is 9.92. The Morgan fingerprint density at radius 1 is 1.59 bits per heavy atom. The molecule has 2 heterocycles. The van der Waals surface area contributed by atoms with Crippen LogP contribution in [0.4, 0.5) is 0 Å². The molecule has 2 aliphatic heterocycles. The zero-order valence-corrected chi connectivity index (χ0v) is 10.6. The first-order chi connectivity index (χ1) is 8.07. The Balaban J connectivity index is 2.00. The number of piperidine rings is 1. The number of carbonyl (C=O) groups is 1. The van der Waals surface area contributed by atoms with Crippen molar-refractivity contribution >= 4 is 5.91 Å². The summed E-state index contributed by atoms with van der Waals surface area (Å²) >= 11 is 0. The first kappa shape index (κ1) is 12.8. The maximum Gasteiger partial charge on any atom is 0.245 e. The normalized spacial score (nSPS) is 38.4. The van der Waals surface area contributed by atoms with Crippen molar-refractivity contribution in [3.8, 4) is 0 Å². The molecule has 0 spiro atoms. The van der Waals surface area contributed by atoms with Crippen molar-refractivity contribution in [1.29, 1.82) is 0 Å². The monoisotopic (exact) mass is 242 g/mol. The van der Waals surface area contributed by atoms with Crippen molar-refractivity contribution in [2.24, 2.45) is 11.7 Å². The van der Waals surface area contributed by atoms with Crippen molar-refractivity contribution < 1.29 is 14.3 Å². The molecule has 0 aromatic carbocycles. The zero-order chi connectivity index (χ0) is 12.5. The molecule has 0 aliphatic carbocycles. The van der Waals surface area contributed by atoms with Gasteiger partial charge in [0, 0.05) is 26.8 Å². The van der Waals surface area contributed by atoms with Gasteiger partial charge in [-0.3, -0.25) is 4.79 Å². The molecule has 3 unspecified atom stereocenters. The van der Waals surface area contributed by atoms with Gasteiger partial charge in [-0.25, -0.2) is 0 Å². The number of amides is 1. The van der Waals surface area contributed by atoms with E-state index in [1.54, 1.807) is 7.11 Å². The Kier molecular flexibility index (Phi) is 3.70. The lowest BCUT2D eigenvalue weighted by Crippen LogP contribution is -2.59. The van der Waals surface area contributed by atoms with Gasteiger partial charge in [0.25, 0.3) is 0 Å². The third-order valence-corrected chi connectivity index (χ3v) is 3.96. The van der Waals surface area contributed by atoms with Crippen LogP contribution < -0.4 is 5.73 Å². The second-order valence-electron chi connectivity index (χ2n) is 5.25. The molecule has 2 rings (SSSR count). The summed E-state index contributed by atoms with van der Waals surface area (Å²) in [4.78, 5) is 14.2. The van der Waals surface area contributed by atoms with Gasteiger partial charge in [0.1, 0.15) is 5.54 Å². The molecule has 2 saturated heterocycles. The SMILES string of the molecule is COC1CN(C(=O)C2(N)CCOC2)CCC1C. The summed E-state index contributed by atoms with van der Waals surface area (Å²) in [6.45, 7) is 4.51. The van der Waals surface area contributed by atoms with E-state index in [1.165, 1.54) is 0 Å². The minimum atomic E-state index is -0.807. The summed E-state index contributed by atoms with van der Waals surface area (Å²) in [6.07, 6.45) is 1.72. The van der Waals surface area contributed by atoms with E-state index in [-0.39, 0.29) is 12.0 Å². The van der Waals surface area contributed by atoms with Crippen LogP contribution in [0.5, 0.6) is 0 Å². The standard InChI is InChI=1S/C12H22N2O3/c1-9-3-5-14(7-10(9)16-2)11(15)12(13)4-6-17-8-12/h9-10H,3-8,13H2,1-2H3. The van der Waals surface area contributed by atoms with Crippen LogP contribution in [0.15, 0.2) is 0 Å². The number of methoxy groups -OCH3 is 1. The predicted octanol–water partition coefficient (Wildman–Crippen LogP) is -0.0124. The van der Waals surface area contributed by atoms with Gasteiger partial charge >= 0.3 is 0 Å². The second kappa shape index (κ2) is 4.92. The Bertz CT molecular complexity index is 289. The fourth-order valence-corrected chi connectivity index (χ4v) is 2.59. The summed E-state index contributed by atoms with van der Waals surface area (Å²) in [7, 11) is 1.70. The lowest BCUT2D eigenvalue weighted by Gasteiger charge is -2.39. The number of nitrogens with zero attached hydrogens (tertiary/aromatic N) is 1. The maximum absolute atomic E-state index is 12.4. The molecule has 2 aliphatic rings. The first-order valence-corrected chi connectivity index (χ1v) is 6.25. The molecule has 17 heavy (non-hydrogen) atoms. The third-order valence-electron chi connectivity index (χ3n) is 3.96. The molecule has 2 fully saturated rings. The average Bonchev–Trinajstić information content (AvgIpc) is 2.77. The number of nitrogens with two attached hydrogens (primary N) is 1. The van der Waals surface area contributed by atoms with Gasteiger partial charge in [-0.15, -0.1) is 0 Å². The zero-order valence-electron chi connectivity index (χ0n) is 10.6. The van der Waals surface area contributed by atoms with Crippen LogP contribution in [0.1, 0.15) is 19.8 Å². The highest BCUT2D eigenvalue weighted by Crippen LogP contribution is 2.24. The second-order valence-corrected chi connectivity index (χ2v) is 5.25. The number of carbonyl (C=O) groups excluding carboxylic acids is 1. The van der Waals surface area contributed by atoms with Gasteiger partial charge in [-0.1, -0.05) is 6.92 Å². The summed E-state index contributed by atoms with van der Waals surface area (Å²) in [5, 5.41) is 0.